The van der Waals surface area contributed by atoms with Gasteiger partial charge in [0.15, 0.2) is 0 Å². The highest BCUT2D eigenvalue weighted by molar-refractivity contribution is 5.92. The fraction of sp³-hybridized carbons (Fsp3) is 0.400. The van der Waals surface area contributed by atoms with Crippen LogP contribution in [0.1, 0.15) is 31.7 Å². The molecule has 2 amide bonds. The van der Waals surface area contributed by atoms with Crippen LogP contribution in [0.25, 0.3) is 0 Å². The molecule has 0 radical (unpaired) electrons. The SMILES string of the molecule is CC(=O)N(CCC(=O)NC1CC1)c1cccc(C#N)c1. The maximum absolute atomic E-state index is 11.7. The first-order valence-corrected chi connectivity index (χ1v) is 6.68. The molecule has 1 N–H and O–H groups in total. The zero-order valence-corrected chi connectivity index (χ0v) is 11.4. The van der Waals surface area contributed by atoms with Crippen LogP contribution in [0.2, 0.25) is 0 Å². The number of anilines is 1. The highest BCUT2D eigenvalue weighted by Crippen LogP contribution is 2.19. The Bertz CT molecular complexity index is 558. The zero-order chi connectivity index (χ0) is 14.5. The standard InChI is InChI=1S/C15H17N3O2/c1-11(19)18(8-7-15(20)17-13-5-6-13)14-4-2-3-12(9-14)10-16/h2-4,9,13H,5-8H2,1H3,(H,17,20). The van der Waals surface area contributed by atoms with E-state index in [-0.39, 0.29) is 18.2 Å². The number of hydrogen-bond acceptors (Lipinski definition) is 3. The van der Waals surface area contributed by atoms with Crippen molar-refractivity contribution in [1.82, 2.24) is 5.32 Å². The van der Waals surface area contributed by atoms with Crippen LogP contribution < -0.4 is 10.2 Å². The molecule has 0 aliphatic heterocycles. The molecule has 1 aromatic rings. The van der Waals surface area contributed by atoms with Gasteiger partial charge in [0.1, 0.15) is 0 Å². The lowest BCUT2D eigenvalue weighted by atomic mass is 10.2. The quantitative estimate of drug-likeness (QED) is 0.883. The summed E-state index contributed by atoms with van der Waals surface area (Å²) in [5.74, 6) is -0.172. The van der Waals surface area contributed by atoms with Gasteiger partial charge in [0.25, 0.3) is 0 Å². The molecule has 0 heterocycles. The third-order valence-corrected chi connectivity index (χ3v) is 3.17. The van der Waals surface area contributed by atoms with Crippen molar-refractivity contribution >= 4 is 17.5 Å². The largest absolute Gasteiger partial charge is 0.353 e. The van der Waals surface area contributed by atoms with Crippen LogP contribution in [-0.4, -0.2) is 24.4 Å². The minimum Gasteiger partial charge on any atom is -0.353 e. The number of hydrogen-bond donors (Lipinski definition) is 1. The molecule has 0 aromatic heterocycles. The molecule has 0 atom stereocenters. The summed E-state index contributed by atoms with van der Waals surface area (Å²) in [6.45, 7) is 1.78. The number of nitrogens with zero attached hydrogens (tertiary/aromatic N) is 2. The average Bonchev–Trinajstić information content (AvgIpc) is 3.22. The fourth-order valence-electron chi connectivity index (χ4n) is 1.95. The number of carbonyl (C=O) groups excluding carboxylic acids is 2. The van der Waals surface area contributed by atoms with Gasteiger partial charge in [-0.2, -0.15) is 5.26 Å². The highest BCUT2D eigenvalue weighted by atomic mass is 16.2. The van der Waals surface area contributed by atoms with Crippen LogP contribution in [-0.2, 0) is 9.59 Å². The summed E-state index contributed by atoms with van der Waals surface area (Å²) in [5.41, 5.74) is 1.15. The first-order chi connectivity index (χ1) is 9.60. The van der Waals surface area contributed by atoms with Crippen LogP contribution in [0.5, 0.6) is 0 Å². The summed E-state index contributed by atoms with van der Waals surface area (Å²) in [4.78, 5) is 24.9. The van der Waals surface area contributed by atoms with E-state index in [9.17, 15) is 9.59 Å². The molecule has 1 fully saturated rings. The lowest BCUT2D eigenvalue weighted by molar-refractivity contribution is -0.121. The van der Waals surface area contributed by atoms with Gasteiger partial charge in [-0.1, -0.05) is 6.07 Å². The van der Waals surface area contributed by atoms with Crippen LogP contribution in [0.15, 0.2) is 24.3 Å². The lowest BCUT2D eigenvalue weighted by Gasteiger charge is -2.21. The molecule has 20 heavy (non-hydrogen) atoms. The number of amides is 2. The van der Waals surface area contributed by atoms with E-state index in [2.05, 4.69) is 5.32 Å². The second-order valence-electron chi connectivity index (χ2n) is 4.92. The fourth-order valence-corrected chi connectivity index (χ4v) is 1.95. The number of nitrogens with one attached hydrogen (secondary N) is 1. The Morgan fingerprint density at radius 1 is 1.45 bits per heavy atom. The normalized spacial score (nSPS) is 13.4. The van der Waals surface area contributed by atoms with Gasteiger partial charge in [-0.25, -0.2) is 0 Å². The van der Waals surface area contributed by atoms with Crippen LogP contribution >= 0.6 is 0 Å². The summed E-state index contributed by atoms with van der Waals surface area (Å²) in [5, 5.41) is 11.8. The van der Waals surface area contributed by atoms with E-state index in [0.717, 1.165) is 12.8 Å². The van der Waals surface area contributed by atoms with Crippen LogP contribution in [0, 0.1) is 11.3 Å². The van der Waals surface area contributed by atoms with Crippen molar-refractivity contribution in [2.24, 2.45) is 0 Å². The summed E-state index contributed by atoms with van der Waals surface area (Å²) < 4.78 is 0. The Labute approximate surface area is 118 Å². The van der Waals surface area contributed by atoms with E-state index in [1.165, 1.54) is 11.8 Å². The highest BCUT2D eigenvalue weighted by Gasteiger charge is 2.23. The predicted octanol–water partition coefficient (Wildman–Crippen LogP) is 1.58. The smallest absolute Gasteiger partial charge is 0.223 e. The first kappa shape index (κ1) is 14.1. The molecule has 1 aliphatic carbocycles. The summed E-state index contributed by atoms with van der Waals surface area (Å²) in [7, 11) is 0. The maximum Gasteiger partial charge on any atom is 0.223 e. The van der Waals surface area contributed by atoms with E-state index in [4.69, 9.17) is 5.26 Å². The monoisotopic (exact) mass is 271 g/mol. The zero-order valence-electron chi connectivity index (χ0n) is 11.4. The molecule has 5 nitrogen and oxygen atoms in total. The van der Waals surface area contributed by atoms with Gasteiger partial charge in [0, 0.05) is 31.6 Å². The van der Waals surface area contributed by atoms with Crippen LogP contribution in [0.4, 0.5) is 5.69 Å². The molecule has 0 saturated heterocycles. The maximum atomic E-state index is 11.7. The Kier molecular flexibility index (Phi) is 4.36. The first-order valence-electron chi connectivity index (χ1n) is 6.68. The van der Waals surface area contributed by atoms with Gasteiger partial charge in [-0.3, -0.25) is 9.59 Å². The van der Waals surface area contributed by atoms with Gasteiger partial charge in [0.2, 0.25) is 11.8 Å². The van der Waals surface area contributed by atoms with Crippen molar-refractivity contribution in [2.45, 2.75) is 32.2 Å². The number of benzene rings is 1. The third kappa shape index (κ3) is 3.82. The number of carbonyl (C=O) groups is 2. The average molecular weight is 271 g/mol. The number of nitriles is 1. The Hall–Kier alpha value is -2.35. The van der Waals surface area contributed by atoms with Gasteiger partial charge >= 0.3 is 0 Å². The van der Waals surface area contributed by atoms with E-state index in [0.29, 0.717) is 23.8 Å². The Morgan fingerprint density at radius 3 is 2.80 bits per heavy atom. The van der Waals surface area contributed by atoms with E-state index in [1.54, 1.807) is 24.3 Å². The summed E-state index contributed by atoms with van der Waals surface area (Å²) in [6, 6.07) is 9.20. The minimum absolute atomic E-state index is 0.0322. The van der Waals surface area contributed by atoms with Gasteiger partial charge < -0.3 is 10.2 Å². The summed E-state index contributed by atoms with van der Waals surface area (Å²) in [6.07, 6.45) is 2.37. The Morgan fingerprint density at radius 2 is 2.20 bits per heavy atom. The van der Waals surface area contributed by atoms with Gasteiger partial charge in [-0.05, 0) is 31.0 Å². The minimum atomic E-state index is -0.140. The van der Waals surface area contributed by atoms with Crippen molar-refractivity contribution in [1.29, 1.82) is 5.26 Å². The van der Waals surface area contributed by atoms with E-state index in [1.807, 2.05) is 6.07 Å². The molecule has 0 spiro atoms. The summed E-state index contributed by atoms with van der Waals surface area (Å²) >= 11 is 0. The number of rotatable bonds is 5. The molecule has 0 unspecified atom stereocenters. The second kappa shape index (κ2) is 6.20. The van der Waals surface area contributed by atoms with Crippen molar-refractivity contribution in [3.8, 4) is 6.07 Å². The van der Waals surface area contributed by atoms with Crippen molar-refractivity contribution in [2.75, 3.05) is 11.4 Å². The second-order valence-corrected chi connectivity index (χ2v) is 4.92. The lowest BCUT2D eigenvalue weighted by Crippen LogP contribution is -2.34. The molecule has 1 saturated carbocycles. The van der Waals surface area contributed by atoms with Gasteiger partial charge in [0.05, 0.1) is 11.6 Å². The van der Waals surface area contributed by atoms with Crippen molar-refractivity contribution in [3.63, 3.8) is 0 Å². The molecule has 104 valence electrons. The van der Waals surface area contributed by atoms with E-state index >= 15 is 0 Å². The molecule has 1 aromatic carbocycles. The topological polar surface area (TPSA) is 73.2 Å². The van der Waals surface area contributed by atoms with Gasteiger partial charge in [-0.15, -0.1) is 0 Å². The molecule has 0 bridgehead atoms. The molecular formula is C15H17N3O2. The van der Waals surface area contributed by atoms with Crippen molar-refractivity contribution < 1.29 is 9.59 Å². The van der Waals surface area contributed by atoms with Crippen molar-refractivity contribution in [3.05, 3.63) is 29.8 Å². The Balaban J connectivity index is 2.00. The van der Waals surface area contributed by atoms with Crippen LogP contribution in [0.3, 0.4) is 0 Å². The molecule has 5 heteroatoms. The molecule has 2 rings (SSSR count). The molecular weight excluding hydrogens is 254 g/mol. The third-order valence-electron chi connectivity index (χ3n) is 3.17. The van der Waals surface area contributed by atoms with E-state index < -0.39 is 0 Å². The predicted molar refractivity (Wildman–Crippen MR) is 75.0 cm³/mol. The molecule has 1 aliphatic rings.